The van der Waals surface area contributed by atoms with Crippen LogP contribution in [0.3, 0.4) is 0 Å². The highest BCUT2D eigenvalue weighted by Crippen LogP contribution is 2.48. The first-order valence-electron chi connectivity index (χ1n) is 9.93. The van der Waals surface area contributed by atoms with Crippen molar-refractivity contribution in [2.45, 2.75) is 57.6 Å². The van der Waals surface area contributed by atoms with E-state index in [9.17, 15) is 9.70 Å². The molecule has 1 aromatic carbocycles. The van der Waals surface area contributed by atoms with E-state index in [1.165, 1.54) is 20.0 Å². The minimum Gasteiger partial charge on any atom is -0.493 e. The second-order valence-electron chi connectivity index (χ2n) is 8.12. The molecule has 1 saturated heterocycles. The summed E-state index contributed by atoms with van der Waals surface area (Å²) in [6.45, 7) is 4.70. The van der Waals surface area contributed by atoms with Crippen molar-refractivity contribution in [1.29, 1.82) is 0 Å². The number of nitrogens with zero attached hydrogens (tertiary/aromatic N) is 2. The van der Waals surface area contributed by atoms with Crippen molar-refractivity contribution in [3.63, 3.8) is 0 Å². The molecule has 1 aliphatic heterocycles. The van der Waals surface area contributed by atoms with Crippen LogP contribution in [0.1, 0.15) is 51.0 Å². The Kier molecular flexibility index (Phi) is 6.10. The molecule has 0 bridgehead atoms. The monoisotopic (exact) mass is 390 g/mol. The lowest BCUT2D eigenvalue weighted by molar-refractivity contribution is 0.126. The molecule has 1 heterocycles. The van der Waals surface area contributed by atoms with Gasteiger partial charge in [-0.1, -0.05) is 18.2 Å². The van der Waals surface area contributed by atoms with Gasteiger partial charge in [-0.2, -0.15) is 4.91 Å². The first-order valence-corrected chi connectivity index (χ1v) is 9.93. The van der Waals surface area contributed by atoms with Crippen molar-refractivity contribution in [3.05, 3.63) is 28.7 Å². The number of nitroso groups, excluding NO2 is 1. The van der Waals surface area contributed by atoms with Crippen molar-refractivity contribution in [3.8, 4) is 11.5 Å². The number of hydrogen-bond donors (Lipinski definition) is 0. The molecule has 1 aliphatic carbocycles. The van der Waals surface area contributed by atoms with Gasteiger partial charge >= 0.3 is 6.09 Å². The van der Waals surface area contributed by atoms with Crippen LogP contribution in [0.15, 0.2) is 23.4 Å². The number of benzene rings is 1. The smallest absolute Gasteiger partial charge is 0.409 e. The van der Waals surface area contributed by atoms with Crippen molar-refractivity contribution in [1.82, 2.24) is 4.90 Å². The fourth-order valence-corrected chi connectivity index (χ4v) is 4.50. The number of likely N-dealkylation sites (tertiary alicyclic amines) is 1. The molecule has 0 aromatic heterocycles. The molecule has 1 aromatic rings. The molecule has 1 saturated carbocycles. The average Bonchev–Trinajstić information content (AvgIpc) is 3.35. The number of rotatable bonds is 6. The molecule has 154 valence electrons. The summed E-state index contributed by atoms with van der Waals surface area (Å²) in [6, 6.07) is 5.44. The van der Waals surface area contributed by atoms with Crippen LogP contribution in [0, 0.1) is 10.3 Å². The van der Waals surface area contributed by atoms with Crippen LogP contribution in [-0.4, -0.2) is 50.4 Å². The van der Waals surface area contributed by atoms with Gasteiger partial charge in [0.05, 0.1) is 26.4 Å². The van der Waals surface area contributed by atoms with E-state index < -0.39 is 11.5 Å². The zero-order chi connectivity index (χ0) is 20.3. The van der Waals surface area contributed by atoms with E-state index in [1.54, 1.807) is 18.9 Å². The number of hydrogen-bond acceptors (Lipinski definition) is 6. The highest BCUT2D eigenvalue weighted by atomic mass is 16.5. The van der Waals surface area contributed by atoms with Crippen molar-refractivity contribution < 1.29 is 19.0 Å². The highest BCUT2D eigenvalue weighted by molar-refractivity contribution is 5.68. The van der Waals surface area contributed by atoms with Crippen LogP contribution >= 0.6 is 0 Å². The van der Waals surface area contributed by atoms with Gasteiger partial charge in [0, 0.05) is 24.4 Å². The molecule has 1 amide bonds. The molecule has 3 atom stereocenters. The molecule has 7 nitrogen and oxygen atoms in total. The molecular weight excluding hydrogens is 360 g/mol. The van der Waals surface area contributed by atoms with Crippen LogP contribution in [0.2, 0.25) is 0 Å². The SMILES string of the molecule is COC(=O)N1CC(c2ccc(OC)c(OC3CCCC3)c2)[C@](C)(C(C)N=O)C1. The Morgan fingerprint density at radius 3 is 2.57 bits per heavy atom. The summed E-state index contributed by atoms with van der Waals surface area (Å²) < 4.78 is 16.6. The molecule has 28 heavy (non-hydrogen) atoms. The molecule has 2 fully saturated rings. The zero-order valence-corrected chi connectivity index (χ0v) is 17.1. The Hall–Kier alpha value is -2.31. The van der Waals surface area contributed by atoms with Gasteiger partial charge in [-0.15, -0.1) is 0 Å². The Balaban J connectivity index is 1.94. The summed E-state index contributed by atoms with van der Waals surface area (Å²) in [5, 5.41) is 3.29. The van der Waals surface area contributed by atoms with Gasteiger partial charge in [-0.3, -0.25) is 0 Å². The maximum atomic E-state index is 12.1. The number of amides is 1. The minimum atomic E-state index is -0.491. The summed E-state index contributed by atoms with van der Waals surface area (Å²) >= 11 is 0. The summed E-state index contributed by atoms with van der Waals surface area (Å²) in [6.07, 6.45) is 4.30. The summed E-state index contributed by atoms with van der Waals surface area (Å²) in [5.74, 6) is 1.36. The lowest BCUT2D eigenvalue weighted by Crippen LogP contribution is -2.37. The van der Waals surface area contributed by atoms with E-state index in [1.807, 2.05) is 25.1 Å². The fourth-order valence-electron chi connectivity index (χ4n) is 4.50. The molecular formula is C21H30N2O5. The van der Waals surface area contributed by atoms with E-state index >= 15 is 0 Å². The summed E-state index contributed by atoms with van der Waals surface area (Å²) in [5.41, 5.74) is 0.521. The molecule has 2 aliphatic rings. The lowest BCUT2D eigenvalue weighted by Gasteiger charge is -2.33. The van der Waals surface area contributed by atoms with E-state index in [2.05, 4.69) is 5.18 Å². The van der Waals surface area contributed by atoms with Crippen molar-refractivity contribution >= 4 is 6.09 Å². The Morgan fingerprint density at radius 1 is 1.25 bits per heavy atom. The van der Waals surface area contributed by atoms with Crippen LogP contribution in [0.4, 0.5) is 4.79 Å². The molecule has 7 heteroatoms. The predicted octanol–water partition coefficient (Wildman–Crippen LogP) is 4.34. The summed E-state index contributed by atoms with van der Waals surface area (Å²) in [7, 11) is 3.00. The predicted molar refractivity (Wildman–Crippen MR) is 106 cm³/mol. The number of carbonyl (C=O) groups is 1. The van der Waals surface area contributed by atoms with Crippen molar-refractivity contribution in [2.24, 2.45) is 10.6 Å². The van der Waals surface area contributed by atoms with Gasteiger partial charge < -0.3 is 19.1 Å². The molecule has 0 radical (unpaired) electrons. The number of methoxy groups -OCH3 is 2. The first kappa shape index (κ1) is 20.4. The molecule has 2 unspecified atom stereocenters. The third-order valence-electron chi connectivity index (χ3n) is 6.46. The molecule has 0 spiro atoms. The summed E-state index contributed by atoms with van der Waals surface area (Å²) in [4.78, 5) is 25.2. The van der Waals surface area contributed by atoms with Gasteiger partial charge in [0.25, 0.3) is 0 Å². The van der Waals surface area contributed by atoms with Crippen molar-refractivity contribution in [2.75, 3.05) is 27.3 Å². The van der Waals surface area contributed by atoms with Gasteiger partial charge in [0.2, 0.25) is 0 Å². The number of carbonyl (C=O) groups excluding carboxylic acids is 1. The molecule has 3 rings (SSSR count). The maximum absolute atomic E-state index is 12.1. The number of ether oxygens (including phenoxy) is 3. The second-order valence-corrected chi connectivity index (χ2v) is 8.12. The van der Waals surface area contributed by atoms with Gasteiger partial charge in [0.1, 0.15) is 0 Å². The largest absolute Gasteiger partial charge is 0.493 e. The third-order valence-corrected chi connectivity index (χ3v) is 6.46. The Bertz CT molecular complexity index is 719. The van der Waals surface area contributed by atoms with Crippen LogP contribution in [0.5, 0.6) is 11.5 Å². The highest BCUT2D eigenvalue weighted by Gasteiger charge is 2.50. The maximum Gasteiger partial charge on any atom is 0.409 e. The minimum absolute atomic E-state index is 0.0591. The second kappa shape index (κ2) is 8.37. The van der Waals surface area contributed by atoms with Gasteiger partial charge in [-0.25, -0.2) is 4.79 Å². The zero-order valence-electron chi connectivity index (χ0n) is 17.1. The topological polar surface area (TPSA) is 77.4 Å². The lowest BCUT2D eigenvalue weighted by atomic mass is 9.71. The average molecular weight is 390 g/mol. The fraction of sp³-hybridized carbons (Fsp3) is 0.667. The van der Waals surface area contributed by atoms with E-state index in [4.69, 9.17) is 14.2 Å². The third kappa shape index (κ3) is 3.80. The van der Waals surface area contributed by atoms with Crippen LogP contribution in [0.25, 0.3) is 0 Å². The van der Waals surface area contributed by atoms with Crippen LogP contribution in [-0.2, 0) is 4.74 Å². The molecule has 0 N–H and O–H groups in total. The Morgan fingerprint density at radius 2 is 1.96 bits per heavy atom. The van der Waals surface area contributed by atoms with Gasteiger partial charge in [-0.05, 0) is 50.3 Å². The standard InChI is InChI=1S/C21H30N2O5/c1-14(22-25)21(2)13-23(20(24)27-4)12-17(21)15-9-10-18(26-3)19(11-15)28-16-7-5-6-8-16/h9-11,14,16-17H,5-8,12-13H2,1-4H3/t14?,17?,21-/m0/s1. The normalized spacial score (nSPS) is 26.1. The van der Waals surface area contributed by atoms with E-state index in [0.717, 1.165) is 24.2 Å². The quantitative estimate of drug-likeness (QED) is 0.675. The van der Waals surface area contributed by atoms with E-state index in [0.29, 0.717) is 18.8 Å². The van der Waals surface area contributed by atoms with Crippen LogP contribution < -0.4 is 9.47 Å². The Labute approximate surface area is 166 Å². The van der Waals surface area contributed by atoms with E-state index in [-0.39, 0.29) is 18.1 Å². The van der Waals surface area contributed by atoms with Gasteiger partial charge in [0.15, 0.2) is 11.5 Å². The first-order chi connectivity index (χ1) is 13.4.